The van der Waals surface area contributed by atoms with Crippen molar-refractivity contribution in [1.82, 2.24) is 0 Å². The molecular formula is C123H126BrF3IN3O3S. The average Bonchev–Trinajstić information content (AvgIpc) is 0.750. The minimum Gasteiger partial charge on any atom is -0.399 e. The van der Waals surface area contributed by atoms with Crippen LogP contribution in [0.25, 0.3) is 121 Å². The van der Waals surface area contributed by atoms with E-state index in [2.05, 4.69) is 402 Å². The van der Waals surface area contributed by atoms with Crippen LogP contribution in [0.2, 0.25) is 0 Å². The van der Waals surface area contributed by atoms with Crippen molar-refractivity contribution in [1.29, 1.82) is 0 Å². The Labute approximate surface area is 821 Å². The minimum absolute atomic E-state index is 0.409. The zero-order valence-corrected chi connectivity index (χ0v) is 84.2. The van der Waals surface area contributed by atoms with Crippen LogP contribution in [-0.4, -0.2) is 13.9 Å². The third kappa shape index (κ3) is 27.6. The molecule has 0 fully saturated rings. The number of anilines is 5. The van der Waals surface area contributed by atoms with Gasteiger partial charge in [-0.3, -0.25) is 0 Å². The Bertz CT molecular complexity index is 6930. The van der Waals surface area contributed by atoms with Gasteiger partial charge in [0.05, 0.1) is 0 Å². The van der Waals surface area contributed by atoms with Crippen molar-refractivity contribution in [2.75, 3.05) is 16.4 Å². The van der Waals surface area contributed by atoms with Crippen molar-refractivity contribution >= 4 is 120 Å². The summed E-state index contributed by atoms with van der Waals surface area (Å²) in [7, 11) is -5.78. The van der Waals surface area contributed by atoms with Gasteiger partial charge in [0, 0.05) is 36.5 Å². The lowest BCUT2D eigenvalue weighted by Crippen LogP contribution is -2.28. The van der Waals surface area contributed by atoms with Crippen molar-refractivity contribution in [3.63, 3.8) is 0 Å². The second-order valence-corrected chi connectivity index (χ2v) is 39.2. The molecule has 692 valence electrons. The van der Waals surface area contributed by atoms with Crippen molar-refractivity contribution in [2.24, 2.45) is 0 Å². The molecule has 0 saturated heterocycles. The Kier molecular flexibility index (Phi) is 36.4. The number of rotatable bonds is 30. The second-order valence-electron chi connectivity index (χ2n) is 35.5. The molecule has 135 heavy (non-hydrogen) atoms. The third-order valence-corrected chi connectivity index (χ3v) is 27.2. The van der Waals surface area contributed by atoms with E-state index in [0.717, 1.165) is 101 Å². The zero-order valence-electron chi connectivity index (χ0n) is 79.7. The SMILES string of the molecule is Brc1ccc(-c2ccc(I)cc2)cc1.CCCCC.CCCCCCCCc1cccc(N)c1.CCCCCCCCc1cccc(Nc2cccc(-c3ccc4ccc(C)c(-c5c(C)ccc6ccc(-c7cccc(Nc8cccc(CC)c8)c7)cc56)c4c3)c2)c1.Cc1cccc(-c2ccc3ccc(C)c(-c4c(C)ccc5ccc(-c6cccc(OS(=O)(=O)C(F)(F)F)c6)cc45)c3c2)c1. The van der Waals surface area contributed by atoms with Crippen LogP contribution in [0.3, 0.4) is 0 Å². The highest BCUT2D eigenvalue weighted by molar-refractivity contribution is 14.1. The maximum Gasteiger partial charge on any atom is 0.534 e. The fourth-order valence-corrected chi connectivity index (χ4v) is 18.7. The molecule has 0 aliphatic heterocycles. The van der Waals surface area contributed by atoms with Crippen LogP contribution < -0.4 is 20.6 Å². The fourth-order valence-electron chi connectivity index (χ4n) is 17.7. The van der Waals surface area contributed by atoms with Gasteiger partial charge in [0.25, 0.3) is 0 Å². The lowest BCUT2D eigenvalue weighted by molar-refractivity contribution is -0.0500. The standard InChI is InChI=1S/C56H56N2.C36H27F3O3S.C14H23N.C12H8BrI.C5H12/c1-5-7-8-9-10-11-16-42-18-13-22-50(34-42)58-52-24-15-20-46(36-52)48-32-30-44-28-26-40(4)56(54(44)38-48)55-39(3)25-27-43-29-31-47(37-53(43)55)45-19-14-23-51(35-45)57-49-21-12-17-41(6-2)33-49;1-22-6-4-7-27(18-22)29-16-14-25-12-10-23(2)34(32(25)20-29)35-24(3)11-13-26-15-17-30(21-33(26)35)28-8-5-9-31(19-28)42-43(40,41)36(37,38)39;1-2-3-4-5-6-7-9-13-10-8-11-14(15)12-13;13-11-5-1-9(2-6-11)10-3-7-12(14)8-4-10;1-3-5-4-2/h12-15,17-38,57-58H,5-11,16H2,1-4H3;4-21H,1-3H3;8,10-12H,2-7,9,15H2,1H3;1-8H;3-5H2,1-2H3. The highest BCUT2D eigenvalue weighted by Gasteiger charge is 2.48. The van der Waals surface area contributed by atoms with Gasteiger partial charge in [-0.15, -0.1) is 0 Å². The number of alkyl halides is 3. The molecule has 0 radical (unpaired) electrons. The molecule has 0 aliphatic rings. The van der Waals surface area contributed by atoms with Crippen LogP contribution in [0, 0.1) is 38.2 Å². The largest absolute Gasteiger partial charge is 0.534 e. The number of halogens is 5. The van der Waals surface area contributed by atoms with Gasteiger partial charge in [-0.2, -0.15) is 21.6 Å². The molecule has 0 aromatic heterocycles. The summed E-state index contributed by atoms with van der Waals surface area (Å²) < 4.78 is 68.8. The summed E-state index contributed by atoms with van der Waals surface area (Å²) in [6.07, 6.45) is 23.5. The normalized spacial score (nSPS) is 11.3. The van der Waals surface area contributed by atoms with Gasteiger partial charge in [0.2, 0.25) is 0 Å². The number of nitrogens with one attached hydrogen (secondary N) is 2. The molecule has 0 atom stereocenters. The van der Waals surface area contributed by atoms with E-state index in [9.17, 15) is 21.6 Å². The zero-order chi connectivity index (χ0) is 95.4. The van der Waals surface area contributed by atoms with E-state index in [1.165, 1.54) is 224 Å². The van der Waals surface area contributed by atoms with Crippen molar-refractivity contribution in [2.45, 2.75) is 190 Å². The summed E-state index contributed by atoms with van der Waals surface area (Å²) in [4.78, 5) is 0. The highest BCUT2D eigenvalue weighted by Crippen LogP contribution is 2.45. The molecule has 17 aromatic carbocycles. The van der Waals surface area contributed by atoms with Gasteiger partial charge in [-0.05, 0) is 371 Å². The van der Waals surface area contributed by atoms with E-state index in [1.54, 1.807) is 6.07 Å². The predicted octanol–water partition coefficient (Wildman–Crippen LogP) is 37.8. The van der Waals surface area contributed by atoms with Gasteiger partial charge >= 0.3 is 15.6 Å². The molecule has 0 saturated carbocycles. The van der Waals surface area contributed by atoms with Gasteiger partial charge in [-0.25, -0.2) is 0 Å². The van der Waals surface area contributed by atoms with Crippen LogP contribution in [0.1, 0.15) is 175 Å². The van der Waals surface area contributed by atoms with Crippen molar-refractivity contribution in [3.05, 3.63) is 392 Å². The van der Waals surface area contributed by atoms with Gasteiger partial charge in [-0.1, -0.05) is 358 Å². The number of nitrogen functional groups attached to an aromatic ring is 1. The Hall–Kier alpha value is -12.1. The Morgan fingerprint density at radius 3 is 1.03 bits per heavy atom. The molecule has 4 N–H and O–H groups in total. The monoisotopic (exact) mass is 1990 g/mol. The first kappa shape index (κ1) is 100. The Morgan fingerprint density at radius 2 is 0.637 bits per heavy atom. The molecule has 0 unspecified atom stereocenters. The maximum atomic E-state index is 12.9. The van der Waals surface area contributed by atoms with E-state index in [4.69, 9.17) is 5.73 Å². The molecule has 17 aromatic rings. The van der Waals surface area contributed by atoms with E-state index in [-0.39, 0.29) is 0 Å². The van der Waals surface area contributed by atoms with Crippen molar-refractivity contribution in [3.8, 4) is 83.6 Å². The molecule has 0 amide bonds. The molecule has 0 heterocycles. The molecule has 0 bridgehead atoms. The lowest BCUT2D eigenvalue weighted by Gasteiger charge is -2.18. The minimum atomic E-state index is -5.78. The number of benzene rings is 17. The maximum absolute atomic E-state index is 12.9. The topological polar surface area (TPSA) is 93.4 Å². The lowest BCUT2D eigenvalue weighted by atomic mass is 9.86. The summed E-state index contributed by atoms with van der Waals surface area (Å²) in [5.74, 6) is -0.409. The fraction of sp³-hybridized carbons (Fsp3) is 0.236. The van der Waals surface area contributed by atoms with Gasteiger partial charge < -0.3 is 20.6 Å². The molecule has 0 spiro atoms. The first-order valence-corrected chi connectivity index (χ1v) is 51.3. The summed E-state index contributed by atoms with van der Waals surface area (Å²) >= 11 is 5.74. The van der Waals surface area contributed by atoms with Crippen LogP contribution in [0.4, 0.5) is 41.6 Å². The second kappa shape index (κ2) is 48.9. The van der Waals surface area contributed by atoms with E-state index >= 15 is 0 Å². The van der Waals surface area contributed by atoms with Crippen LogP contribution in [0.5, 0.6) is 5.75 Å². The predicted molar refractivity (Wildman–Crippen MR) is 586 cm³/mol. The number of hydrogen-bond donors (Lipinski definition) is 3. The van der Waals surface area contributed by atoms with Crippen LogP contribution in [0.15, 0.2) is 344 Å². The summed E-state index contributed by atoms with van der Waals surface area (Å²) in [6.45, 7) is 21.9. The van der Waals surface area contributed by atoms with E-state index < -0.39 is 21.4 Å². The summed E-state index contributed by atoms with van der Waals surface area (Å²) in [6, 6.07) is 118. The highest BCUT2D eigenvalue weighted by atomic mass is 127. The number of fused-ring (bicyclic) bond motifs is 4. The Balaban J connectivity index is 0.000000173. The third-order valence-electron chi connectivity index (χ3n) is 25.0. The molecule has 17 rings (SSSR count). The first-order valence-electron chi connectivity index (χ1n) is 48.0. The number of unbranched alkanes of at least 4 members (excludes halogenated alkanes) is 12. The number of nitrogens with two attached hydrogens (primary N) is 1. The van der Waals surface area contributed by atoms with E-state index in [1.807, 2.05) is 36.4 Å². The Morgan fingerprint density at radius 1 is 0.319 bits per heavy atom. The van der Waals surface area contributed by atoms with Crippen molar-refractivity contribution < 1.29 is 25.8 Å². The van der Waals surface area contributed by atoms with Crippen LogP contribution in [-0.2, 0) is 29.4 Å². The quantitative estimate of drug-likeness (QED) is 0.0137. The molecular weight excluding hydrogens is 1860 g/mol. The van der Waals surface area contributed by atoms with Gasteiger partial charge in [0.1, 0.15) is 5.75 Å². The van der Waals surface area contributed by atoms with Gasteiger partial charge in [0.15, 0.2) is 0 Å². The number of hydrogen-bond acceptors (Lipinski definition) is 6. The molecule has 6 nitrogen and oxygen atoms in total. The molecule has 0 aliphatic carbocycles. The average molecular weight is 1990 g/mol. The first-order chi connectivity index (χ1) is 65.4. The number of aryl methyl sites for hydroxylation is 8. The van der Waals surface area contributed by atoms with Crippen LogP contribution >= 0.6 is 38.5 Å². The molecule has 12 heteroatoms. The smallest absolute Gasteiger partial charge is 0.399 e. The van der Waals surface area contributed by atoms with E-state index in [0.29, 0.717) is 11.1 Å². The summed E-state index contributed by atoms with van der Waals surface area (Å²) in [5.41, 5.74) is 31.2. The summed E-state index contributed by atoms with van der Waals surface area (Å²) in [5, 5.41) is 16.6.